The quantitative estimate of drug-likeness (QED) is 0.387. The summed E-state index contributed by atoms with van der Waals surface area (Å²) in [5.74, 6) is 0. The van der Waals surface area contributed by atoms with Crippen LogP contribution < -0.4 is 0 Å². The van der Waals surface area contributed by atoms with Gasteiger partial charge in [-0.3, -0.25) is 0 Å². The highest BCUT2D eigenvalue weighted by atomic mass is 35.6. The molecular weight excluding hydrogens is 282 g/mol. The zero-order valence-corrected chi connectivity index (χ0v) is 16.8. The standard InChI is InChI=1S/C11H30ClNOSi3/c1-8-11(9-10-14-15-12)13(16(2,3)4)17(5,6)7/h11H,8-10,15H2,1-7H3. The number of rotatable bonds is 8. The molecule has 0 bridgehead atoms. The topological polar surface area (TPSA) is 12.5 Å². The summed E-state index contributed by atoms with van der Waals surface area (Å²) >= 11 is 5.71. The van der Waals surface area contributed by atoms with Crippen LogP contribution in [0.4, 0.5) is 0 Å². The van der Waals surface area contributed by atoms with Crippen molar-refractivity contribution in [3.63, 3.8) is 0 Å². The summed E-state index contributed by atoms with van der Waals surface area (Å²) in [6, 6.07) is 0.686. The molecule has 0 saturated heterocycles. The van der Waals surface area contributed by atoms with E-state index in [0.29, 0.717) is 6.04 Å². The minimum atomic E-state index is -1.25. The Morgan fingerprint density at radius 1 is 1.12 bits per heavy atom. The van der Waals surface area contributed by atoms with Crippen LogP contribution in [0, 0.1) is 0 Å². The zero-order valence-electron chi connectivity index (χ0n) is 12.6. The highest BCUT2D eigenvalue weighted by Crippen LogP contribution is 2.26. The van der Waals surface area contributed by atoms with E-state index in [-0.39, 0.29) is 0 Å². The first-order valence-corrected chi connectivity index (χ1v) is 16.2. The van der Waals surface area contributed by atoms with Crippen molar-refractivity contribution in [3.05, 3.63) is 0 Å². The van der Waals surface area contributed by atoms with Crippen molar-refractivity contribution >= 4 is 36.6 Å². The zero-order chi connectivity index (χ0) is 13.7. The van der Waals surface area contributed by atoms with Crippen molar-refractivity contribution in [2.75, 3.05) is 6.61 Å². The Labute approximate surface area is 117 Å². The van der Waals surface area contributed by atoms with Crippen LogP contribution in [0.5, 0.6) is 0 Å². The van der Waals surface area contributed by atoms with E-state index in [2.05, 4.69) is 50.4 Å². The van der Waals surface area contributed by atoms with Gasteiger partial charge in [-0.2, -0.15) is 0 Å². The maximum Gasteiger partial charge on any atom is 0.258 e. The van der Waals surface area contributed by atoms with Crippen molar-refractivity contribution in [2.45, 2.75) is 65.1 Å². The van der Waals surface area contributed by atoms with Crippen molar-refractivity contribution in [1.82, 2.24) is 4.23 Å². The van der Waals surface area contributed by atoms with E-state index in [1.54, 1.807) is 0 Å². The van der Waals surface area contributed by atoms with Gasteiger partial charge in [-0.25, -0.2) is 0 Å². The molecule has 0 saturated carbocycles. The molecule has 17 heavy (non-hydrogen) atoms. The van der Waals surface area contributed by atoms with Crippen molar-refractivity contribution in [1.29, 1.82) is 0 Å². The molecule has 0 aromatic rings. The molecule has 6 heteroatoms. The van der Waals surface area contributed by atoms with E-state index in [9.17, 15) is 0 Å². The van der Waals surface area contributed by atoms with Gasteiger partial charge < -0.3 is 8.66 Å². The van der Waals surface area contributed by atoms with Crippen LogP contribution in [0.1, 0.15) is 19.8 Å². The SMILES string of the molecule is CCC(CCO[SiH2]Cl)N([Si](C)(C)C)[Si](C)(C)C. The Bertz CT molecular complexity index is 202. The van der Waals surface area contributed by atoms with Gasteiger partial charge in [0.1, 0.15) is 16.5 Å². The van der Waals surface area contributed by atoms with Crippen LogP contribution in [-0.2, 0) is 4.43 Å². The molecule has 0 N–H and O–H groups in total. The van der Waals surface area contributed by atoms with Crippen LogP contribution in [0.15, 0.2) is 0 Å². The molecule has 0 spiro atoms. The van der Waals surface area contributed by atoms with Crippen molar-refractivity contribution in [2.24, 2.45) is 0 Å². The first kappa shape index (κ1) is 17.9. The maximum atomic E-state index is 5.71. The van der Waals surface area contributed by atoms with Gasteiger partial charge in [-0.05, 0) is 18.9 Å². The van der Waals surface area contributed by atoms with Crippen molar-refractivity contribution in [3.8, 4) is 0 Å². The third-order valence-electron chi connectivity index (χ3n) is 2.95. The Hall–Kier alpha value is 0.861. The third kappa shape index (κ3) is 6.54. The van der Waals surface area contributed by atoms with Gasteiger partial charge in [0, 0.05) is 6.61 Å². The lowest BCUT2D eigenvalue weighted by molar-refractivity contribution is 0.282. The minimum Gasteiger partial charge on any atom is -0.408 e. The minimum absolute atomic E-state index is 0.686. The van der Waals surface area contributed by atoms with Gasteiger partial charge in [-0.15, -0.1) is 11.1 Å². The maximum absolute atomic E-state index is 5.71. The first-order valence-electron chi connectivity index (χ1n) is 6.57. The van der Waals surface area contributed by atoms with Gasteiger partial charge in [0.25, 0.3) is 9.07 Å². The van der Waals surface area contributed by atoms with Crippen LogP contribution in [0.3, 0.4) is 0 Å². The number of hydrogen-bond acceptors (Lipinski definition) is 2. The fourth-order valence-corrected chi connectivity index (χ4v) is 14.4. The molecule has 2 nitrogen and oxygen atoms in total. The van der Waals surface area contributed by atoms with E-state index < -0.39 is 25.5 Å². The van der Waals surface area contributed by atoms with Gasteiger partial charge >= 0.3 is 0 Å². The monoisotopic (exact) mass is 311 g/mol. The molecule has 0 aliphatic carbocycles. The van der Waals surface area contributed by atoms with E-state index >= 15 is 0 Å². The largest absolute Gasteiger partial charge is 0.408 e. The number of halogens is 1. The average molecular weight is 312 g/mol. The Morgan fingerprint density at radius 3 is 1.88 bits per heavy atom. The molecule has 0 aromatic carbocycles. The second-order valence-corrected chi connectivity index (χ2v) is 18.0. The summed E-state index contributed by atoms with van der Waals surface area (Å²) in [4.78, 5) is 0. The van der Waals surface area contributed by atoms with Gasteiger partial charge in [0.2, 0.25) is 0 Å². The summed E-state index contributed by atoms with van der Waals surface area (Å²) in [7, 11) is -3.25. The molecule has 0 rings (SSSR count). The summed E-state index contributed by atoms with van der Waals surface area (Å²) in [5, 5.41) is 0. The van der Waals surface area contributed by atoms with Crippen molar-refractivity contribution < 1.29 is 4.43 Å². The summed E-state index contributed by atoms with van der Waals surface area (Å²) in [5.41, 5.74) is 0. The Balaban J connectivity index is 4.75. The molecule has 1 unspecified atom stereocenters. The molecule has 0 radical (unpaired) electrons. The summed E-state index contributed by atoms with van der Waals surface area (Å²) in [6.07, 6.45) is 2.37. The molecule has 1 atom stereocenters. The summed E-state index contributed by atoms with van der Waals surface area (Å²) in [6.45, 7) is 17.9. The lowest BCUT2D eigenvalue weighted by Crippen LogP contribution is -2.63. The highest BCUT2D eigenvalue weighted by molar-refractivity contribution is 6.90. The van der Waals surface area contributed by atoms with E-state index in [4.69, 9.17) is 15.5 Å². The number of nitrogens with zero attached hydrogens (tertiary/aromatic N) is 1. The second kappa shape index (κ2) is 7.45. The molecule has 0 aromatic heterocycles. The summed E-state index contributed by atoms with van der Waals surface area (Å²) < 4.78 is 8.34. The Morgan fingerprint density at radius 2 is 1.59 bits per heavy atom. The van der Waals surface area contributed by atoms with Gasteiger partial charge in [-0.1, -0.05) is 46.2 Å². The molecule has 0 heterocycles. The van der Waals surface area contributed by atoms with Gasteiger partial charge in [0.05, 0.1) is 0 Å². The van der Waals surface area contributed by atoms with E-state index in [0.717, 1.165) is 13.0 Å². The highest BCUT2D eigenvalue weighted by Gasteiger charge is 2.38. The second-order valence-electron chi connectivity index (χ2n) is 6.58. The van der Waals surface area contributed by atoms with E-state index in [1.165, 1.54) is 6.42 Å². The van der Waals surface area contributed by atoms with Crippen LogP contribution >= 0.6 is 11.1 Å². The fraction of sp³-hybridized carbons (Fsp3) is 1.00. The fourth-order valence-electron chi connectivity index (χ4n) is 2.89. The molecule has 0 fully saturated rings. The Kier molecular flexibility index (Phi) is 7.83. The molecule has 0 aliphatic rings. The lowest BCUT2D eigenvalue weighted by Gasteiger charge is -2.48. The molecule has 0 amide bonds. The normalized spacial score (nSPS) is 16.1. The lowest BCUT2D eigenvalue weighted by atomic mass is 10.2. The smallest absolute Gasteiger partial charge is 0.258 e. The predicted octanol–water partition coefficient (Wildman–Crippen LogP) is 3.38. The van der Waals surface area contributed by atoms with Gasteiger partial charge in [0.15, 0.2) is 0 Å². The number of hydrogen-bond donors (Lipinski definition) is 0. The van der Waals surface area contributed by atoms with E-state index in [1.807, 2.05) is 0 Å². The molecule has 104 valence electrons. The first-order chi connectivity index (χ1) is 7.64. The molecule has 0 aliphatic heterocycles. The molecular formula is C11H30ClNOSi3. The third-order valence-corrected chi connectivity index (χ3v) is 11.5. The van der Waals surface area contributed by atoms with Crippen LogP contribution in [0.2, 0.25) is 39.3 Å². The van der Waals surface area contributed by atoms with Crippen LogP contribution in [0.25, 0.3) is 0 Å². The predicted molar refractivity (Wildman–Crippen MR) is 87.6 cm³/mol. The van der Waals surface area contributed by atoms with Crippen LogP contribution in [-0.4, -0.2) is 42.4 Å². The average Bonchev–Trinajstić information content (AvgIpc) is 2.12.